The maximum absolute atomic E-state index is 13.5. The fourth-order valence-electron chi connectivity index (χ4n) is 6.62. The molecule has 6 rings (SSSR count). The van der Waals surface area contributed by atoms with Crippen LogP contribution >= 0.6 is 11.6 Å². The van der Waals surface area contributed by atoms with Crippen molar-refractivity contribution in [3.63, 3.8) is 0 Å². The van der Waals surface area contributed by atoms with Crippen LogP contribution in [0.25, 0.3) is 22.2 Å². The Balaban J connectivity index is 1.22. The molecule has 1 N–H and O–H groups in total. The molecule has 3 heterocycles. The molecule has 0 unspecified atom stereocenters. The lowest BCUT2D eigenvalue weighted by Gasteiger charge is -2.38. The Morgan fingerprint density at radius 2 is 1.62 bits per heavy atom. The number of piperidine rings is 1. The van der Waals surface area contributed by atoms with Crippen LogP contribution in [-0.4, -0.2) is 52.3 Å². The maximum Gasteiger partial charge on any atom is 0.222 e. The van der Waals surface area contributed by atoms with Crippen molar-refractivity contribution < 1.29 is 9.90 Å². The van der Waals surface area contributed by atoms with Gasteiger partial charge in [0.1, 0.15) is 0 Å². The predicted molar refractivity (Wildman–Crippen MR) is 164 cm³/mol. The Bertz CT molecular complexity index is 1480. The summed E-state index contributed by atoms with van der Waals surface area (Å²) >= 11 is 6.22. The van der Waals surface area contributed by atoms with Crippen LogP contribution in [0.3, 0.4) is 0 Å². The van der Waals surface area contributed by atoms with Crippen LogP contribution in [0.2, 0.25) is 5.02 Å². The standard InChI is InChI=1S/C34H38ClN3O2/c1-36-31-15-13-28(37-19-5-6-20-37)23-30(31)29(33(36)26-9-11-27(35)12-10-26)14-16-32(39)38-21-17-34(40,18-22-38)24-25-7-3-2-4-8-25/h2-4,7-13,15,23,40H,5-6,14,16-22,24H2,1H3. The second-order valence-electron chi connectivity index (χ2n) is 11.6. The molecule has 1 aromatic heterocycles. The number of amides is 1. The van der Waals surface area contributed by atoms with E-state index in [1.807, 2.05) is 35.2 Å². The highest BCUT2D eigenvalue weighted by molar-refractivity contribution is 6.30. The first-order valence-corrected chi connectivity index (χ1v) is 14.9. The largest absolute Gasteiger partial charge is 0.389 e. The summed E-state index contributed by atoms with van der Waals surface area (Å²) in [7, 11) is 2.12. The van der Waals surface area contributed by atoms with Crippen molar-refractivity contribution in [1.82, 2.24) is 9.47 Å². The van der Waals surface area contributed by atoms with Crippen molar-refractivity contribution in [3.8, 4) is 11.3 Å². The zero-order valence-electron chi connectivity index (χ0n) is 23.3. The summed E-state index contributed by atoms with van der Waals surface area (Å²) in [5.41, 5.74) is 6.31. The summed E-state index contributed by atoms with van der Waals surface area (Å²) in [6, 6.07) is 24.9. The third-order valence-electron chi connectivity index (χ3n) is 8.89. The average Bonchev–Trinajstić information content (AvgIpc) is 3.60. The number of nitrogens with zero attached hydrogens (tertiary/aromatic N) is 3. The van der Waals surface area contributed by atoms with Gasteiger partial charge in [-0.3, -0.25) is 4.79 Å². The van der Waals surface area contributed by atoms with Gasteiger partial charge in [0, 0.05) is 67.7 Å². The summed E-state index contributed by atoms with van der Waals surface area (Å²) in [6.07, 6.45) is 5.44. The van der Waals surface area contributed by atoms with Crippen molar-refractivity contribution in [3.05, 3.63) is 88.9 Å². The van der Waals surface area contributed by atoms with Crippen molar-refractivity contribution in [1.29, 1.82) is 0 Å². The van der Waals surface area contributed by atoms with Crippen LogP contribution in [-0.2, 0) is 24.7 Å². The number of hydrogen-bond acceptors (Lipinski definition) is 3. The molecule has 1 amide bonds. The SMILES string of the molecule is Cn1c(-c2ccc(Cl)cc2)c(CCC(=O)N2CCC(O)(Cc3ccccc3)CC2)c2cc(N3CCCC3)ccc21. The Morgan fingerprint density at radius 3 is 2.33 bits per heavy atom. The summed E-state index contributed by atoms with van der Waals surface area (Å²) < 4.78 is 2.26. The normalized spacial score (nSPS) is 17.1. The fourth-order valence-corrected chi connectivity index (χ4v) is 6.75. The summed E-state index contributed by atoms with van der Waals surface area (Å²) in [5.74, 6) is 0.163. The number of rotatable bonds is 7. The molecule has 2 fully saturated rings. The van der Waals surface area contributed by atoms with E-state index in [0.717, 1.165) is 29.9 Å². The zero-order valence-corrected chi connectivity index (χ0v) is 24.0. The van der Waals surface area contributed by atoms with Gasteiger partial charge < -0.3 is 19.5 Å². The molecule has 5 nitrogen and oxygen atoms in total. The molecule has 4 aromatic rings. The topological polar surface area (TPSA) is 48.7 Å². The van der Waals surface area contributed by atoms with Gasteiger partial charge in [-0.15, -0.1) is 0 Å². The smallest absolute Gasteiger partial charge is 0.222 e. The molecule has 6 heteroatoms. The number of aromatic nitrogens is 1. The summed E-state index contributed by atoms with van der Waals surface area (Å²) in [5, 5.41) is 13.1. The molecule has 0 atom stereocenters. The number of carbonyl (C=O) groups is 1. The minimum Gasteiger partial charge on any atom is -0.389 e. The van der Waals surface area contributed by atoms with Crippen molar-refractivity contribution in [2.24, 2.45) is 7.05 Å². The highest BCUT2D eigenvalue weighted by Crippen LogP contribution is 2.37. The van der Waals surface area contributed by atoms with Crippen molar-refractivity contribution in [2.45, 2.75) is 50.5 Å². The van der Waals surface area contributed by atoms with E-state index in [2.05, 4.69) is 59.0 Å². The number of carbonyl (C=O) groups excluding carboxylic acids is 1. The molecule has 0 aliphatic carbocycles. The first-order chi connectivity index (χ1) is 19.4. The average molecular weight is 556 g/mol. The minimum atomic E-state index is -0.749. The van der Waals surface area contributed by atoms with E-state index in [4.69, 9.17) is 11.6 Å². The molecule has 2 aliphatic rings. The first-order valence-electron chi connectivity index (χ1n) is 14.6. The fraction of sp³-hybridized carbons (Fsp3) is 0.382. The molecule has 0 saturated carbocycles. The predicted octanol–water partition coefficient (Wildman–Crippen LogP) is 6.63. The third kappa shape index (κ3) is 5.50. The lowest BCUT2D eigenvalue weighted by molar-refractivity contribution is -0.135. The van der Waals surface area contributed by atoms with Crippen LogP contribution < -0.4 is 4.90 Å². The lowest BCUT2D eigenvalue weighted by atomic mass is 9.85. The molecule has 3 aromatic carbocycles. The van der Waals surface area contributed by atoms with E-state index >= 15 is 0 Å². The van der Waals surface area contributed by atoms with Gasteiger partial charge in [-0.05, 0) is 79.1 Å². The second-order valence-corrected chi connectivity index (χ2v) is 12.0. The van der Waals surface area contributed by atoms with E-state index in [1.54, 1.807) is 0 Å². The Morgan fingerprint density at radius 1 is 0.925 bits per heavy atom. The number of halogens is 1. The number of hydrogen-bond donors (Lipinski definition) is 1. The molecule has 2 saturated heterocycles. The van der Waals surface area contributed by atoms with Gasteiger partial charge in [0.2, 0.25) is 5.91 Å². The Kier molecular flexibility index (Phi) is 7.61. The molecule has 40 heavy (non-hydrogen) atoms. The second kappa shape index (κ2) is 11.3. The van der Waals surface area contributed by atoms with Gasteiger partial charge in [-0.25, -0.2) is 0 Å². The zero-order chi connectivity index (χ0) is 27.7. The Labute approximate surface area is 242 Å². The number of benzene rings is 3. The van der Waals surface area contributed by atoms with Crippen LogP contribution in [0, 0.1) is 0 Å². The van der Waals surface area contributed by atoms with Gasteiger partial charge in [0.25, 0.3) is 0 Å². The Hall–Kier alpha value is -3.28. The monoisotopic (exact) mass is 555 g/mol. The third-order valence-corrected chi connectivity index (χ3v) is 9.14. The van der Waals surface area contributed by atoms with Crippen LogP contribution in [0.1, 0.15) is 43.2 Å². The minimum absolute atomic E-state index is 0.163. The number of likely N-dealkylation sites (tertiary alicyclic amines) is 1. The van der Waals surface area contributed by atoms with Crippen LogP contribution in [0.15, 0.2) is 72.8 Å². The van der Waals surface area contributed by atoms with E-state index in [9.17, 15) is 9.90 Å². The van der Waals surface area contributed by atoms with Gasteiger partial charge >= 0.3 is 0 Å². The van der Waals surface area contributed by atoms with E-state index in [-0.39, 0.29) is 5.91 Å². The maximum atomic E-state index is 13.5. The number of aryl methyl sites for hydroxylation is 2. The van der Waals surface area contributed by atoms with Crippen molar-refractivity contribution in [2.75, 3.05) is 31.1 Å². The summed E-state index contributed by atoms with van der Waals surface area (Å²) in [6.45, 7) is 3.39. The van der Waals surface area contributed by atoms with Gasteiger partial charge in [0.05, 0.1) is 11.3 Å². The van der Waals surface area contributed by atoms with Gasteiger partial charge in [-0.2, -0.15) is 0 Å². The van der Waals surface area contributed by atoms with E-state index < -0.39 is 5.60 Å². The lowest BCUT2D eigenvalue weighted by Crippen LogP contribution is -2.47. The highest BCUT2D eigenvalue weighted by atomic mass is 35.5. The number of aliphatic hydroxyl groups is 1. The van der Waals surface area contributed by atoms with Crippen molar-refractivity contribution >= 4 is 34.1 Å². The molecule has 208 valence electrons. The van der Waals surface area contributed by atoms with E-state index in [1.165, 1.54) is 35.0 Å². The number of anilines is 1. The quantitative estimate of drug-likeness (QED) is 0.278. The molecular weight excluding hydrogens is 518 g/mol. The van der Waals surface area contributed by atoms with E-state index in [0.29, 0.717) is 50.2 Å². The molecule has 0 spiro atoms. The van der Waals surface area contributed by atoms with Gasteiger partial charge in [-0.1, -0.05) is 54.1 Å². The van der Waals surface area contributed by atoms with Crippen LogP contribution in [0.5, 0.6) is 0 Å². The number of fused-ring (bicyclic) bond motifs is 1. The molecule has 0 bridgehead atoms. The van der Waals surface area contributed by atoms with Crippen LogP contribution in [0.4, 0.5) is 5.69 Å². The molecular formula is C34H38ClN3O2. The molecule has 2 aliphatic heterocycles. The molecule has 0 radical (unpaired) electrons. The first kappa shape index (κ1) is 26.9. The highest BCUT2D eigenvalue weighted by Gasteiger charge is 2.34. The summed E-state index contributed by atoms with van der Waals surface area (Å²) in [4.78, 5) is 17.9. The van der Waals surface area contributed by atoms with Gasteiger partial charge in [0.15, 0.2) is 0 Å².